The molecule has 0 N–H and O–H groups in total. The number of ether oxygens (including phenoxy) is 1. The summed E-state index contributed by atoms with van der Waals surface area (Å²) in [7, 11) is 0. The van der Waals surface area contributed by atoms with Crippen LogP contribution >= 0.6 is 0 Å². The molecular weight excluding hydrogens is 448 g/mol. The Morgan fingerprint density at radius 1 is 0.676 bits per heavy atom. The first-order chi connectivity index (χ1) is 16.3. The van der Waals surface area contributed by atoms with Gasteiger partial charge < -0.3 is 14.4 Å². The van der Waals surface area contributed by atoms with Gasteiger partial charge in [-0.2, -0.15) is 0 Å². The van der Waals surface area contributed by atoms with Gasteiger partial charge in [0.05, 0.1) is 11.1 Å². The standard InChI is InChI=1S/C23H18N2O9/c26-18-6-7-19(27)24(18)33-22(30)15-10-16(23(31)34-25-20(28)8-9-21(25)29)12-17(11-15)32-13-14-4-2-1-3-5-14/h1-5,10-12H,6-9,13H2. The molecule has 2 aliphatic rings. The van der Waals surface area contributed by atoms with Gasteiger partial charge in [0.25, 0.3) is 23.6 Å². The first kappa shape index (κ1) is 22.6. The normalized spacial score (nSPS) is 15.6. The number of carbonyl (C=O) groups excluding carboxylic acids is 6. The van der Waals surface area contributed by atoms with Crippen molar-refractivity contribution < 1.29 is 43.2 Å². The van der Waals surface area contributed by atoms with Crippen molar-refractivity contribution in [2.45, 2.75) is 32.3 Å². The second-order valence-corrected chi connectivity index (χ2v) is 7.44. The molecule has 0 radical (unpaired) electrons. The molecule has 2 heterocycles. The molecule has 0 unspecified atom stereocenters. The average molecular weight is 466 g/mol. The van der Waals surface area contributed by atoms with Crippen LogP contribution in [0.3, 0.4) is 0 Å². The number of benzene rings is 2. The van der Waals surface area contributed by atoms with Gasteiger partial charge >= 0.3 is 11.9 Å². The zero-order valence-electron chi connectivity index (χ0n) is 17.7. The Morgan fingerprint density at radius 3 is 1.56 bits per heavy atom. The molecule has 0 spiro atoms. The Morgan fingerprint density at radius 2 is 1.12 bits per heavy atom. The van der Waals surface area contributed by atoms with Crippen molar-refractivity contribution in [1.29, 1.82) is 0 Å². The highest BCUT2D eigenvalue weighted by Gasteiger charge is 2.35. The van der Waals surface area contributed by atoms with Crippen molar-refractivity contribution in [3.8, 4) is 5.75 Å². The molecule has 0 bridgehead atoms. The van der Waals surface area contributed by atoms with Gasteiger partial charge in [0.2, 0.25) is 0 Å². The molecule has 2 fully saturated rings. The molecule has 2 aliphatic heterocycles. The van der Waals surface area contributed by atoms with E-state index in [0.717, 1.165) is 11.6 Å². The van der Waals surface area contributed by atoms with E-state index >= 15 is 0 Å². The lowest BCUT2D eigenvalue weighted by Gasteiger charge is -2.15. The van der Waals surface area contributed by atoms with E-state index in [1.54, 1.807) is 0 Å². The predicted molar refractivity (Wildman–Crippen MR) is 110 cm³/mol. The molecule has 0 atom stereocenters. The summed E-state index contributed by atoms with van der Waals surface area (Å²) < 4.78 is 5.69. The lowest BCUT2D eigenvalue weighted by molar-refractivity contribution is -0.173. The summed E-state index contributed by atoms with van der Waals surface area (Å²) in [6, 6.07) is 12.7. The van der Waals surface area contributed by atoms with Crippen LogP contribution < -0.4 is 4.74 Å². The molecule has 2 aromatic rings. The van der Waals surface area contributed by atoms with Crippen LogP contribution in [0.15, 0.2) is 48.5 Å². The van der Waals surface area contributed by atoms with Crippen LogP contribution in [0, 0.1) is 0 Å². The van der Waals surface area contributed by atoms with E-state index < -0.39 is 35.6 Å². The maximum atomic E-state index is 12.6. The van der Waals surface area contributed by atoms with Gasteiger partial charge in [-0.1, -0.05) is 30.3 Å². The van der Waals surface area contributed by atoms with Gasteiger partial charge in [-0.15, -0.1) is 10.1 Å². The summed E-state index contributed by atoms with van der Waals surface area (Å²) in [6.07, 6.45) is -0.326. The first-order valence-electron chi connectivity index (χ1n) is 10.3. The summed E-state index contributed by atoms with van der Waals surface area (Å²) in [6.45, 7) is 0.0972. The fourth-order valence-corrected chi connectivity index (χ4v) is 3.25. The van der Waals surface area contributed by atoms with E-state index in [2.05, 4.69) is 0 Å². The zero-order valence-corrected chi connectivity index (χ0v) is 17.7. The number of nitrogens with zero attached hydrogens (tertiary/aromatic N) is 2. The monoisotopic (exact) mass is 466 g/mol. The highest BCUT2D eigenvalue weighted by atomic mass is 16.7. The fourth-order valence-electron chi connectivity index (χ4n) is 3.25. The smallest absolute Gasteiger partial charge is 0.364 e. The van der Waals surface area contributed by atoms with Crippen LogP contribution in [0.25, 0.3) is 0 Å². The topological polar surface area (TPSA) is 137 Å². The zero-order chi connectivity index (χ0) is 24.2. The third kappa shape index (κ3) is 4.93. The van der Waals surface area contributed by atoms with Crippen LogP contribution in [-0.2, 0) is 35.5 Å². The number of hydrogen-bond donors (Lipinski definition) is 0. The summed E-state index contributed by atoms with van der Waals surface area (Å²) in [5, 5.41) is 0.749. The minimum absolute atomic E-state index is 0.0726. The van der Waals surface area contributed by atoms with Crippen molar-refractivity contribution in [1.82, 2.24) is 10.1 Å². The van der Waals surface area contributed by atoms with E-state index in [-0.39, 0.29) is 49.2 Å². The van der Waals surface area contributed by atoms with Crippen molar-refractivity contribution in [3.63, 3.8) is 0 Å². The SMILES string of the molecule is O=C(ON1C(=O)CCC1=O)c1cc(OCc2ccccc2)cc(C(=O)ON2C(=O)CCC2=O)c1. The minimum atomic E-state index is -1.09. The van der Waals surface area contributed by atoms with Gasteiger partial charge in [-0.05, 0) is 23.8 Å². The number of carbonyl (C=O) groups is 6. The first-order valence-corrected chi connectivity index (χ1v) is 10.3. The molecule has 0 saturated carbocycles. The molecular formula is C23H18N2O9. The van der Waals surface area contributed by atoms with Crippen LogP contribution in [-0.4, -0.2) is 45.7 Å². The minimum Gasteiger partial charge on any atom is -0.489 e. The molecule has 11 nitrogen and oxygen atoms in total. The molecule has 4 rings (SSSR count). The molecule has 2 saturated heterocycles. The Balaban J connectivity index is 1.58. The molecule has 2 aromatic carbocycles. The highest BCUT2D eigenvalue weighted by Crippen LogP contribution is 2.23. The van der Waals surface area contributed by atoms with E-state index in [9.17, 15) is 28.8 Å². The summed E-state index contributed by atoms with van der Waals surface area (Å²) in [5.74, 6) is -4.77. The molecule has 0 aliphatic carbocycles. The van der Waals surface area contributed by atoms with Crippen LogP contribution in [0.4, 0.5) is 0 Å². The fraction of sp³-hybridized carbons (Fsp3) is 0.217. The van der Waals surface area contributed by atoms with Crippen LogP contribution in [0.5, 0.6) is 5.75 Å². The maximum Gasteiger partial charge on any atom is 0.364 e. The lowest BCUT2D eigenvalue weighted by Crippen LogP contribution is -2.33. The van der Waals surface area contributed by atoms with Gasteiger partial charge in [-0.3, -0.25) is 19.2 Å². The molecule has 34 heavy (non-hydrogen) atoms. The average Bonchev–Trinajstić information content (AvgIpc) is 3.33. The van der Waals surface area contributed by atoms with Crippen molar-refractivity contribution >= 4 is 35.6 Å². The Bertz CT molecular complexity index is 1090. The second-order valence-electron chi connectivity index (χ2n) is 7.44. The van der Waals surface area contributed by atoms with E-state index in [4.69, 9.17) is 14.4 Å². The van der Waals surface area contributed by atoms with Crippen LogP contribution in [0.2, 0.25) is 0 Å². The van der Waals surface area contributed by atoms with E-state index in [1.165, 1.54) is 12.1 Å². The lowest BCUT2D eigenvalue weighted by atomic mass is 10.1. The number of hydrogen-bond acceptors (Lipinski definition) is 9. The number of imide groups is 2. The highest BCUT2D eigenvalue weighted by molar-refractivity contribution is 6.04. The number of hydroxylamine groups is 4. The Kier molecular flexibility index (Phi) is 6.35. The second kappa shape index (κ2) is 9.53. The summed E-state index contributed by atoms with van der Waals surface area (Å²) in [5.41, 5.74) is 0.370. The van der Waals surface area contributed by atoms with Crippen molar-refractivity contribution in [3.05, 3.63) is 65.2 Å². The molecule has 174 valence electrons. The van der Waals surface area contributed by atoms with Crippen LogP contribution in [0.1, 0.15) is 52.0 Å². The predicted octanol–water partition coefficient (Wildman–Crippen LogP) is 1.71. The third-order valence-electron chi connectivity index (χ3n) is 4.99. The van der Waals surface area contributed by atoms with E-state index in [0.29, 0.717) is 10.1 Å². The van der Waals surface area contributed by atoms with Gasteiger partial charge in [0.15, 0.2) is 0 Å². The maximum absolute atomic E-state index is 12.6. The largest absolute Gasteiger partial charge is 0.489 e. The van der Waals surface area contributed by atoms with Gasteiger partial charge in [0.1, 0.15) is 12.4 Å². The third-order valence-corrected chi connectivity index (χ3v) is 4.99. The quantitative estimate of drug-likeness (QED) is 0.558. The van der Waals surface area contributed by atoms with Crippen molar-refractivity contribution in [2.75, 3.05) is 0 Å². The number of rotatable bonds is 7. The Hall–Kier alpha value is -4.54. The molecule has 4 amide bonds. The van der Waals surface area contributed by atoms with E-state index in [1.807, 2.05) is 30.3 Å². The number of amides is 4. The van der Waals surface area contributed by atoms with Gasteiger partial charge in [-0.25, -0.2) is 9.59 Å². The Labute approximate surface area is 192 Å². The van der Waals surface area contributed by atoms with Crippen molar-refractivity contribution in [2.24, 2.45) is 0 Å². The summed E-state index contributed by atoms with van der Waals surface area (Å²) in [4.78, 5) is 82.2. The van der Waals surface area contributed by atoms with Gasteiger partial charge in [0, 0.05) is 25.7 Å². The molecule has 11 heteroatoms. The molecule has 0 aromatic heterocycles. The summed E-state index contributed by atoms with van der Waals surface area (Å²) >= 11 is 0.